The molecule has 0 saturated carbocycles. The first-order valence-electron chi connectivity index (χ1n) is 8.72. The number of benzene rings is 2. The van der Waals surface area contributed by atoms with Gasteiger partial charge in [-0.25, -0.2) is 13.1 Å². The van der Waals surface area contributed by atoms with Crippen LogP contribution in [0.4, 0.5) is 0 Å². The van der Waals surface area contributed by atoms with Crippen LogP contribution in [0, 0.1) is 6.92 Å². The molecular formula is C20H22N2O4S. The van der Waals surface area contributed by atoms with Gasteiger partial charge in [-0.15, -0.1) is 0 Å². The largest absolute Gasteiger partial charge is 0.493 e. The molecule has 0 unspecified atom stereocenters. The Morgan fingerprint density at radius 1 is 1.15 bits per heavy atom. The lowest BCUT2D eigenvalue weighted by atomic mass is 10.1. The van der Waals surface area contributed by atoms with Crippen molar-refractivity contribution in [1.29, 1.82) is 0 Å². The zero-order valence-electron chi connectivity index (χ0n) is 15.1. The van der Waals surface area contributed by atoms with E-state index in [1.54, 1.807) is 30.3 Å². The van der Waals surface area contributed by atoms with E-state index in [4.69, 9.17) is 4.74 Å². The second kappa shape index (κ2) is 8.37. The summed E-state index contributed by atoms with van der Waals surface area (Å²) in [5.41, 5.74) is 3.06. The number of fused-ring (bicyclic) bond motifs is 1. The summed E-state index contributed by atoms with van der Waals surface area (Å²) in [6.07, 6.45) is 4.04. The average Bonchev–Trinajstić information content (AvgIpc) is 3.12. The fraction of sp³-hybridized carbons (Fsp3) is 0.250. The SMILES string of the molecule is Cc1ccc(S(=O)(=O)NCCNC(=O)C=Cc2ccc3c(c2)CCO3)cc1. The Labute approximate surface area is 159 Å². The summed E-state index contributed by atoms with van der Waals surface area (Å²) >= 11 is 0. The molecule has 1 heterocycles. The Balaban J connectivity index is 1.45. The molecule has 0 bridgehead atoms. The van der Waals surface area contributed by atoms with Gasteiger partial charge in [-0.1, -0.05) is 23.8 Å². The van der Waals surface area contributed by atoms with E-state index in [0.717, 1.165) is 28.9 Å². The fourth-order valence-corrected chi connectivity index (χ4v) is 3.74. The number of hydrogen-bond acceptors (Lipinski definition) is 4. The molecule has 0 aromatic heterocycles. The number of aryl methyl sites for hydroxylation is 1. The van der Waals surface area contributed by atoms with Gasteiger partial charge < -0.3 is 10.1 Å². The second-order valence-corrected chi connectivity index (χ2v) is 8.07. The van der Waals surface area contributed by atoms with Crippen molar-refractivity contribution in [3.63, 3.8) is 0 Å². The maximum atomic E-state index is 12.1. The number of hydrogen-bond donors (Lipinski definition) is 2. The molecule has 7 heteroatoms. The molecule has 2 aromatic rings. The number of sulfonamides is 1. The number of carbonyl (C=O) groups is 1. The number of rotatable bonds is 7. The minimum absolute atomic E-state index is 0.117. The Bertz CT molecular complexity index is 950. The first kappa shape index (κ1) is 19.1. The minimum atomic E-state index is -3.57. The summed E-state index contributed by atoms with van der Waals surface area (Å²) in [6, 6.07) is 12.4. The lowest BCUT2D eigenvalue weighted by molar-refractivity contribution is -0.116. The highest BCUT2D eigenvalue weighted by Gasteiger charge is 2.13. The molecule has 0 aliphatic carbocycles. The molecule has 2 aromatic carbocycles. The van der Waals surface area contributed by atoms with E-state index in [9.17, 15) is 13.2 Å². The van der Waals surface area contributed by atoms with E-state index in [1.165, 1.54) is 6.08 Å². The molecule has 0 fully saturated rings. The molecule has 6 nitrogen and oxygen atoms in total. The number of amides is 1. The van der Waals surface area contributed by atoms with Crippen LogP contribution < -0.4 is 14.8 Å². The minimum Gasteiger partial charge on any atom is -0.493 e. The van der Waals surface area contributed by atoms with Crippen LogP contribution in [0.5, 0.6) is 5.75 Å². The van der Waals surface area contributed by atoms with Crippen LogP contribution >= 0.6 is 0 Å². The molecule has 0 atom stereocenters. The van der Waals surface area contributed by atoms with E-state index in [0.29, 0.717) is 6.61 Å². The molecule has 2 N–H and O–H groups in total. The molecule has 0 radical (unpaired) electrons. The first-order valence-corrected chi connectivity index (χ1v) is 10.2. The van der Waals surface area contributed by atoms with E-state index in [2.05, 4.69) is 10.0 Å². The number of carbonyl (C=O) groups excluding carboxylic acids is 1. The van der Waals surface area contributed by atoms with E-state index >= 15 is 0 Å². The van der Waals surface area contributed by atoms with Gasteiger partial charge in [0, 0.05) is 25.6 Å². The third-order valence-electron chi connectivity index (χ3n) is 4.19. The van der Waals surface area contributed by atoms with E-state index in [1.807, 2.05) is 25.1 Å². The van der Waals surface area contributed by atoms with Crippen LogP contribution in [0.3, 0.4) is 0 Å². The quantitative estimate of drug-likeness (QED) is 0.563. The summed E-state index contributed by atoms with van der Waals surface area (Å²) in [6.45, 7) is 2.91. The zero-order valence-corrected chi connectivity index (χ0v) is 15.9. The molecular weight excluding hydrogens is 364 g/mol. The molecule has 1 amide bonds. The van der Waals surface area contributed by atoms with Crippen LogP contribution in [0.15, 0.2) is 53.4 Å². The highest BCUT2D eigenvalue weighted by atomic mass is 32.2. The van der Waals surface area contributed by atoms with Crippen molar-refractivity contribution in [2.45, 2.75) is 18.2 Å². The van der Waals surface area contributed by atoms with Crippen molar-refractivity contribution in [2.24, 2.45) is 0 Å². The molecule has 0 spiro atoms. The van der Waals surface area contributed by atoms with Crippen LogP contribution in [0.2, 0.25) is 0 Å². The van der Waals surface area contributed by atoms with Gasteiger partial charge in [-0.05, 0) is 48.4 Å². The smallest absolute Gasteiger partial charge is 0.244 e. The maximum absolute atomic E-state index is 12.1. The highest BCUT2D eigenvalue weighted by molar-refractivity contribution is 7.89. The lowest BCUT2D eigenvalue weighted by Gasteiger charge is -2.07. The Kier molecular flexibility index (Phi) is 5.93. The van der Waals surface area contributed by atoms with Gasteiger partial charge in [-0.3, -0.25) is 4.79 Å². The van der Waals surface area contributed by atoms with Gasteiger partial charge in [0.15, 0.2) is 0 Å². The third-order valence-corrected chi connectivity index (χ3v) is 5.67. The van der Waals surface area contributed by atoms with Crippen molar-refractivity contribution in [3.8, 4) is 5.75 Å². The van der Waals surface area contributed by atoms with Crippen molar-refractivity contribution in [2.75, 3.05) is 19.7 Å². The summed E-state index contributed by atoms with van der Waals surface area (Å²) in [5, 5.41) is 2.66. The first-order chi connectivity index (χ1) is 12.9. The molecule has 142 valence electrons. The molecule has 3 rings (SSSR count). The summed E-state index contributed by atoms with van der Waals surface area (Å²) in [5.74, 6) is 0.624. The predicted molar refractivity (Wildman–Crippen MR) is 104 cm³/mol. The highest BCUT2D eigenvalue weighted by Crippen LogP contribution is 2.26. The average molecular weight is 386 g/mol. The Morgan fingerprint density at radius 3 is 2.70 bits per heavy atom. The zero-order chi connectivity index (χ0) is 19.3. The number of ether oxygens (including phenoxy) is 1. The third kappa shape index (κ3) is 5.18. The molecule has 0 saturated heterocycles. The monoisotopic (exact) mass is 386 g/mol. The summed E-state index contributed by atoms with van der Waals surface area (Å²) in [7, 11) is -3.57. The van der Waals surface area contributed by atoms with Gasteiger partial charge in [0.2, 0.25) is 15.9 Å². The topological polar surface area (TPSA) is 84.5 Å². The van der Waals surface area contributed by atoms with Crippen LogP contribution in [0.1, 0.15) is 16.7 Å². The summed E-state index contributed by atoms with van der Waals surface area (Å²) in [4.78, 5) is 12.1. The van der Waals surface area contributed by atoms with Gasteiger partial charge in [0.25, 0.3) is 0 Å². The molecule has 27 heavy (non-hydrogen) atoms. The van der Waals surface area contributed by atoms with Crippen molar-refractivity contribution in [1.82, 2.24) is 10.0 Å². The number of nitrogens with one attached hydrogen (secondary N) is 2. The van der Waals surface area contributed by atoms with Gasteiger partial charge >= 0.3 is 0 Å². The van der Waals surface area contributed by atoms with Crippen LogP contribution in [-0.2, 0) is 21.2 Å². The normalized spacial score (nSPS) is 13.4. The maximum Gasteiger partial charge on any atom is 0.244 e. The Hall–Kier alpha value is -2.64. The van der Waals surface area contributed by atoms with E-state index in [-0.39, 0.29) is 23.9 Å². The Morgan fingerprint density at radius 2 is 1.93 bits per heavy atom. The fourth-order valence-electron chi connectivity index (χ4n) is 2.71. The van der Waals surface area contributed by atoms with Crippen molar-refractivity contribution >= 4 is 22.0 Å². The van der Waals surface area contributed by atoms with Gasteiger partial charge in [-0.2, -0.15) is 0 Å². The van der Waals surface area contributed by atoms with Gasteiger partial charge in [0.1, 0.15) is 5.75 Å². The summed E-state index contributed by atoms with van der Waals surface area (Å²) < 4.78 is 32.2. The lowest BCUT2D eigenvalue weighted by Crippen LogP contribution is -2.34. The second-order valence-electron chi connectivity index (χ2n) is 6.30. The molecule has 1 aliphatic heterocycles. The van der Waals surface area contributed by atoms with Gasteiger partial charge in [0.05, 0.1) is 11.5 Å². The van der Waals surface area contributed by atoms with Crippen molar-refractivity contribution < 1.29 is 17.9 Å². The van der Waals surface area contributed by atoms with Crippen molar-refractivity contribution in [3.05, 3.63) is 65.2 Å². The van der Waals surface area contributed by atoms with Crippen LogP contribution in [-0.4, -0.2) is 34.0 Å². The predicted octanol–water partition coefficient (Wildman–Crippen LogP) is 2.04. The molecule has 1 aliphatic rings. The van der Waals surface area contributed by atoms with E-state index < -0.39 is 10.0 Å². The standard InChI is InChI=1S/C20H22N2O4S/c1-15-2-6-18(7-3-15)27(24,25)22-12-11-21-20(23)9-5-16-4-8-19-17(14-16)10-13-26-19/h2-9,14,22H,10-13H2,1H3,(H,21,23). The van der Waals surface area contributed by atoms with Crippen LogP contribution in [0.25, 0.3) is 6.08 Å².